The Bertz CT molecular complexity index is 337. The zero-order valence-electron chi connectivity index (χ0n) is 11.0. The quantitative estimate of drug-likeness (QED) is 0.632. The lowest BCUT2D eigenvalue weighted by atomic mass is 9.86. The second-order valence-corrected chi connectivity index (χ2v) is 4.52. The van der Waals surface area contributed by atoms with E-state index in [4.69, 9.17) is 5.11 Å². The van der Waals surface area contributed by atoms with Crippen LogP contribution in [-0.2, 0) is 14.3 Å². The minimum absolute atomic E-state index is 0.0298. The minimum atomic E-state index is -0.773. The third-order valence-electron chi connectivity index (χ3n) is 3.11. The van der Waals surface area contributed by atoms with Gasteiger partial charge in [-0.2, -0.15) is 0 Å². The zero-order valence-corrected chi connectivity index (χ0v) is 11.0. The number of carboxylic acid groups (broad SMARTS) is 1. The lowest BCUT2D eigenvalue weighted by Crippen LogP contribution is -2.45. The molecule has 3 N–H and O–H groups in total. The highest BCUT2D eigenvalue weighted by Crippen LogP contribution is 2.24. The van der Waals surface area contributed by atoms with E-state index in [-0.39, 0.29) is 25.1 Å². The first kappa shape index (κ1) is 15.3. The summed E-state index contributed by atoms with van der Waals surface area (Å²) in [4.78, 5) is 33.3. The van der Waals surface area contributed by atoms with Crippen LogP contribution in [0.25, 0.3) is 0 Å². The van der Waals surface area contributed by atoms with E-state index in [1.807, 2.05) is 0 Å². The van der Waals surface area contributed by atoms with Crippen LogP contribution in [0.4, 0.5) is 4.79 Å². The average Bonchev–Trinajstić information content (AvgIpc) is 2.37. The van der Waals surface area contributed by atoms with Crippen molar-refractivity contribution < 1.29 is 24.2 Å². The van der Waals surface area contributed by atoms with Gasteiger partial charge in [0.1, 0.15) is 6.54 Å². The van der Waals surface area contributed by atoms with E-state index in [2.05, 4.69) is 15.4 Å². The largest absolute Gasteiger partial charge is 0.481 e. The molecule has 0 unspecified atom stereocenters. The molecule has 108 valence electrons. The van der Waals surface area contributed by atoms with Crippen LogP contribution in [0.2, 0.25) is 0 Å². The highest BCUT2D eigenvalue weighted by molar-refractivity contribution is 5.80. The molecular weight excluding hydrogens is 252 g/mol. The fourth-order valence-electron chi connectivity index (χ4n) is 2.09. The van der Waals surface area contributed by atoms with Gasteiger partial charge in [0, 0.05) is 6.04 Å². The summed E-state index contributed by atoms with van der Waals surface area (Å²) >= 11 is 0. The Morgan fingerprint density at radius 3 is 2.37 bits per heavy atom. The molecule has 0 heterocycles. The summed E-state index contributed by atoms with van der Waals surface area (Å²) in [5.41, 5.74) is 0. The van der Waals surface area contributed by atoms with Gasteiger partial charge < -0.3 is 20.5 Å². The molecule has 2 amide bonds. The molecule has 1 rings (SSSR count). The van der Waals surface area contributed by atoms with Crippen LogP contribution >= 0.6 is 0 Å². The van der Waals surface area contributed by atoms with E-state index < -0.39 is 18.0 Å². The number of esters is 1. The predicted molar refractivity (Wildman–Crippen MR) is 66.5 cm³/mol. The Morgan fingerprint density at radius 1 is 1.21 bits per heavy atom. The first-order valence-corrected chi connectivity index (χ1v) is 6.45. The fourth-order valence-corrected chi connectivity index (χ4v) is 2.09. The Morgan fingerprint density at radius 2 is 1.84 bits per heavy atom. The molecule has 7 nitrogen and oxygen atoms in total. The first-order chi connectivity index (χ1) is 9.02. The van der Waals surface area contributed by atoms with Gasteiger partial charge in [-0.1, -0.05) is 0 Å². The SMILES string of the molecule is CCOC(=O)CNC(=O)NC1CCC(C(=O)O)CC1. The van der Waals surface area contributed by atoms with Gasteiger partial charge in [-0.3, -0.25) is 9.59 Å². The number of rotatable bonds is 5. The van der Waals surface area contributed by atoms with Gasteiger partial charge in [0.05, 0.1) is 12.5 Å². The number of hydrogen-bond acceptors (Lipinski definition) is 4. The van der Waals surface area contributed by atoms with Crippen molar-refractivity contribution in [2.45, 2.75) is 38.6 Å². The Hall–Kier alpha value is -1.79. The predicted octanol–water partition coefficient (Wildman–Crippen LogP) is 0.492. The summed E-state index contributed by atoms with van der Waals surface area (Å²) in [6.45, 7) is 1.81. The van der Waals surface area contributed by atoms with Crippen molar-refractivity contribution >= 4 is 18.0 Å². The summed E-state index contributed by atoms with van der Waals surface area (Å²) < 4.78 is 4.68. The van der Waals surface area contributed by atoms with Crippen molar-refractivity contribution in [2.75, 3.05) is 13.2 Å². The second-order valence-electron chi connectivity index (χ2n) is 4.52. The van der Waals surface area contributed by atoms with E-state index in [9.17, 15) is 14.4 Å². The van der Waals surface area contributed by atoms with E-state index in [0.717, 1.165) is 0 Å². The molecule has 0 saturated heterocycles. The number of hydrogen-bond donors (Lipinski definition) is 3. The monoisotopic (exact) mass is 272 g/mol. The number of carboxylic acids is 1. The molecule has 1 fully saturated rings. The zero-order chi connectivity index (χ0) is 14.3. The van der Waals surface area contributed by atoms with Gasteiger partial charge in [-0.15, -0.1) is 0 Å². The minimum Gasteiger partial charge on any atom is -0.481 e. The number of urea groups is 1. The van der Waals surface area contributed by atoms with Crippen molar-refractivity contribution in [3.05, 3.63) is 0 Å². The molecular formula is C12H20N2O5. The van der Waals surface area contributed by atoms with Crippen molar-refractivity contribution in [3.63, 3.8) is 0 Å². The lowest BCUT2D eigenvalue weighted by Gasteiger charge is -2.26. The summed E-state index contributed by atoms with van der Waals surface area (Å²) in [6, 6.07) is -0.454. The molecule has 7 heteroatoms. The van der Waals surface area contributed by atoms with Crippen molar-refractivity contribution in [1.29, 1.82) is 0 Å². The molecule has 0 aromatic heterocycles. The molecule has 0 bridgehead atoms. The Kier molecular flexibility index (Phi) is 6.11. The number of carbonyl (C=O) groups is 3. The van der Waals surface area contributed by atoms with Crippen LogP contribution in [0.3, 0.4) is 0 Å². The smallest absolute Gasteiger partial charge is 0.325 e. The maximum Gasteiger partial charge on any atom is 0.325 e. The molecule has 0 aliphatic heterocycles. The van der Waals surface area contributed by atoms with E-state index >= 15 is 0 Å². The number of aliphatic carboxylic acids is 1. The van der Waals surface area contributed by atoms with E-state index in [1.165, 1.54) is 0 Å². The molecule has 0 atom stereocenters. The van der Waals surface area contributed by atoms with Gasteiger partial charge >= 0.3 is 18.0 Å². The Balaban J connectivity index is 2.20. The van der Waals surface area contributed by atoms with Crippen LogP contribution in [0.1, 0.15) is 32.6 Å². The first-order valence-electron chi connectivity index (χ1n) is 6.45. The van der Waals surface area contributed by atoms with Crippen molar-refractivity contribution in [3.8, 4) is 0 Å². The van der Waals surface area contributed by atoms with Crippen LogP contribution in [0.5, 0.6) is 0 Å². The van der Waals surface area contributed by atoms with Gasteiger partial charge in [-0.05, 0) is 32.6 Å². The van der Waals surface area contributed by atoms with Gasteiger partial charge in [0.15, 0.2) is 0 Å². The average molecular weight is 272 g/mol. The number of amides is 2. The van der Waals surface area contributed by atoms with Crippen LogP contribution < -0.4 is 10.6 Å². The van der Waals surface area contributed by atoms with Gasteiger partial charge in [0.2, 0.25) is 0 Å². The summed E-state index contributed by atoms with van der Waals surface area (Å²) in [5, 5.41) is 14.0. The fraction of sp³-hybridized carbons (Fsp3) is 0.750. The molecule has 1 aliphatic rings. The third kappa shape index (κ3) is 5.58. The number of nitrogens with one attached hydrogen (secondary N) is 2. The van der Waals surface area contributed by atoms with Gasteiger partial charge in [-0.25, -0.2) is 4.79 Å². The lowest BCUT2D eigenvalue weighted by molar-refractivity contribution is -0.143. The molecule has 0 aromatic rings. The maximum atomic E-state index is 11.5. The number of carbonyl (C=O) groups excluding carboxylic acids is 2. The van der Waals surface area contributed by atoms with Gasteiger partial charge in [0.25, 0.3) is 0 Å². The highest BCUT2D eigenvalue weighted by atomic mass is 16.5. The van der Waals surface area contributed by atoms with Crippen LogP contribution in [-0.4, -0.2) is 42.3 Å². The molecule has 1 aliphatic carbocycles. The summed E-state index contributed by atoms with van der Waals surface area (Å²) in [5.74, 6) is -1.56. The number of ether oxygens (including phenoxy) is 1. The molecule has 1 saturated carbocycles. The summed E-state index contributed by atoms with van der Waals surface area (Å²) in [6.07, 6.45) is 2.42. The standard InChI is InChI=1S/C12H20N2O5/c1-2-19-10(15)7-13-12(18)14-9-5-3-8(4-6-9)11(16)17/h8-9H,2-7H2,1H3,(H,16,17)(H2,13,14,18). The topological polar surface area (TPSA) is 105 Å². The van der Waals surface area contributed by atoms with Crippen molar-refractivity contribution in [1.82, 2.24) is 10.6 Å². The van der Waals surface area contributed by atoms with E-state index in [1.54, 1.807) is 6.92 Å². The van der Waals surface area contributed by atoms with E-state index in [0.29, 0.717) is 25.7 Å². The highest BCUT2D eigenvalue weighted by Gasteiger charge is 2.26. The molecule has 0 spiro atoms. The summed E-state index contributed by atoms with van der Waals surface area (Å²) in [7, 11) is 0. The van der Waals surface area contributed by atoms with Crippen molar-refractivity contribution in [2.24, 2.45) is 5.92 Å². The Labute approximate surface area is 111 Å². The third-order valence-corrected chi connectivity index (χ3v) is 3.11. The van der Waals surface area contributed by atoms with Crippen LogP contribution in [0, 0.1) is 5.92 Å². The maximum absolute atomic E-state index is 11.5. The molecule has 19 heavy (non-hydrogen) atoms. The second kappa shape index (κ2) is 7.60. The molecule has 0 radical (unpaired) electrons. The molecule has 0 aromatic carbocycles. The normalized spacial score (nSPS) is 22.4. The van der Waals surface area contributed by atoms with Crippen LogP contribution in [0.15, 0.2) is 0 Å².